The first-order valence-corrected chi connectivity index (χ1v) is 11.7. The van der Waals surface area contributed by atoms with E-state index in [9.17, 15) is 4.79 Å². The number of ether oxygens (including phenoxy) is 2. The summed E-state index contributed by atoms with van der Waals surface area (Å²) in [4.78, 5) is 21.9. The van der Waals surface area contributed by atoms with E-state index in [1.165, 1.54) is 11.1 Å². The van der Waals surface area contributed by atoms with Crippen molar-refractivity contribution in [3.05, 3.63) is 45.4 Å². The molecule has 0 atom stereocenters. The molecule has 0 spiro atoms. The number of nitrogens with zero attached hydrogens (tertiary/aromatic N) is 3. The van der Waals surface area contributed by atoms with E-state index in [-0.39, 0.29) is 11.8 Å². The number of carbonyl (C=O) groups excluding carboxylic acids is 1. The number of benzene rings is 1. The van der Waals surface area contributed by atoms with Crippen LogP contribution in [0.4, 0.5) is 0 Å². The zero-order chi connectivity index (χ0) is 20.9. The topological polar surface area (TPSA) is 54.9 Å². The van der Waals surface area contributed by atoms with Crippen LogP contribution in [-0.4, -0.2) is 60.1 Å². The Labute approximate surface area is 182 Å². The minimum absolute atomic E-state index is 0.223. The molecule has 1 aliphatic carbocycles. The molecular weight excluding hydrogens is 398 g/mol. The Morgan fingerprint density at radius 1 is 1.27 bits per heavy atom. The molecule has 2 aromatic rings. The van der Waals surface area contributed by atoms with Crippen molar-refractivity contribution < 1.29 is 14.3 Å². The van der Waals surface area contributed by atoms with Gasteiger partial charge in [-0.2, -0.15) is 0 Å². The average Bonchev–Trinajstić information content (AvgIpc) is 3.52. The van der Waals surface area contributed by atoms with Gasteiger partial charge in [0.15, 0.2) is 0 Å². The molecule has 30 heavy (non-hydrogen) atoms. The van der Waals surface area contributed by atoms with Crippen molar-refractivity contribution in [2.45, 2.75) is 39.8 Å². The molecule has 2 heterocycles. The highest BCUT2D eigenvalue weighted by atomic mass is 32.1. The lowest BCUT2D eigenvalue weighted by molar-refractivity contribution is -0.133. The van der Waals surface area contributed by atoms with E-state index in [1.807, 2.05) is 11.0 Å². The third-order valence-corrected chi connectivity index (χ3v) is 6.69. The molecule has 1 saturated heterocycles. The predicted molar refractivity (Wildman–Crippen MR) is 118 cm³/mol. The van der Waals surface area contributed by atoms with Gasteiger partial charge in [0.1, 0.15) is 17.4 Å². The van der Waals surface area contributed by atoms with Crippen molar-refractivity contribution in [1.82, 2.24) is 14.8 Å². The molecule has 1 aromatic heterocycles. The number of carbonyl (C=O) groups is 1. The molecular formula is C23H31N3O3S. The Balaban J connectivity index is 1.32. The summed E-state index contributed by atoms with van der Waals surface area (Å²) in [5, 5.41) is 3.00. The van der Waals surface area contributed by atoms with Crippen molar-refractivity contribution in [2.24, 2.45) is 5.92 Å². The van der Waals surface area contributed by atoms with Crippen LogP contribution < -0.4 is 4.74 Å². The number of aromatic nitrogens is 1. The Hall–Kier alpha value is -1.96. The minimum Gasteiger partial charge on any atom is -0.486 e. The van der Waals surface area contributed by atoms with Gasteiger partial charge in [0.2, 0.25) is 5.91 Å². The van der Waals surface area contributed by atoms with Gasteiger partial charge in [-0.3, -0.25) is 9.69 Å². The van der Waals surface area contributed by atoms with Gasteiger partial charge in [-0.25, -0.2) is 4.98 Å². The highest BCUT2D eigenvalue weighted by Gasteiger charge is 2.33. The fraction of sp³-hybridized carbons (Fsp3) is 0.565. The smallest absolute Gasteiger partial charge is 0.226 e. The first-order chi connectivity index (χ1) is 14.6. The van der Waals surface area contributed by atoms with Gasteiger partial charge < -0.3 is 14.4 Å². The van der Waals surface area contributed by atoms with Crippen LogP contribution in [-0.2, 0) is 22.7 Å². The van der Waals surface area contributed by atoms with Crippen molar-refractivity contribution in [3.8, 4) is 5.75 Å². The summed E-state index contributed by atoms with van der Waals surface area (Å²) in [6.07, 6.45) is 2.05. The summed E-state index contributed by atoms with van der Waals surface area (Å²) in [5.41, 5.74) is 3.44. The van der Waals surface area contributed by atoms with E-state index in [0.717, 1.165) is 68.7 Å². The quantitative estimate of drug-likeness (QED) is 0.611. The largest absolute Gasteiger partial charge is 0.486 e. The van der Waals surface area contributed by atoms with Gasteiger partial charge in [0.05, 0.1) is 25.5 Å². The Kier molecular flexibility index (Phi) is 7.02. The number of rotatable bonds is 9. The van der Waals surface area contributed by atoms with Gasteiger partial charge in [-0.15, -0.1) is 11.3 Å². The molecule has 2 aliphatic rings. The third-order valence-electron chi connectivity index (χ3n) is 5.82. The molecule has 2 fully saturated rings. The Morgan fingerprint density at radius 3 is 2.80 bits per heavy atom. The van der Waals surface area contributed by atoms with Crippen LogP contribution >= 0.6 is 11.3 Å². The monoisotopic (exact) mass is 429 g/mol. The molecule has 1 aliphatic heterocycles. The van der Waals surface area contributed by atoms with E-state index in [2.05, 4.69) is 36.3 Å². The SMILES string of the molecule is Cc1ccc(OCc2nc(CN(CCN3CCOCC3)C(=O)C3CC3)cs2)cc1C. The van der Waals surface area contributed by atoms with Gasteiger partial charge in [-0.05, 0) is 49.9 Å². The normalized spacial score (nSPS) is 17.1. The van der Waals surface area contributed by atoms with E-state index < -0.39 is 0 Å². The molecule has 4 rings (SSSR count). The number of morpholine rings is 1. The average molecular weight is 430 g/mol. The molecule has 6 nitrogen and oxygen atoms in total. The fourth-order valence-electron chi connectivity index (χ4n) is 3.57. The number of thiazole rings is 1. The van der Waals surface area contributed by atoms with Gasteiger partial charge in [-0.1, -0.05) is 6.07 Å². The summed E-state index contributed by atoms with van der Waals surface area (Å²) >= 11 is 1.60. The summed E-state index contributed by atoms with van der Waals surface area (Å²) in [7, 11) is 0. The highest BCUT2D eigenvalue weighted by Crippen LogP contribution is 2.31. The number of aryl methyl sites for hydroxylation is 2. The van der Waals surface area contributed by atoms with Crippen LogP contribution in [0.25, 0.3) is 0 Å². The second-order valence-electron chi connectivity index (χ2n) is 8.26. The van der Waals surface area contributed by atoms with E-state index in [1.54, 1.807) is 11.3 Å². The molecule has 0 bridgehead atoms. The molecule has 0 unspecified atom stereocenters. The van der Waals surface area contributed by atoms with E-state index >= 15 is 0 Å². The molecule has 1 aromatic carbocycles. The molecule has 7 heteroatoms. The maximum Gasteiger partial charge on any atom is 0.226 e. The Bertz CT molecular complexity index is 859. The van der Waals surface area contributed by atoms with E-state index in [4.69, 9.17) is 14.5 Å². The maximum absolute atomic E-state index is 12.8. The van der Waals surface area contributed by atoms with E-state index in [0.29, 0.717) is 13.2 Å². The number of hydrogen-bond donors (Lipinski definition) is 0. The van der Waals surface area contributed by atoms with Crippen molar-refractivity contribution >= 4 is 17.2 Å². The van der Waals surface area contributed by atoms with Crippen LogP contribution in [0.1, 0.15) is 34.7 Å². The standard InChI is InChI=1S/C23H31N3O3S/c1-17-3-6-21(13-18(17)2)29-15-22-24-20(16-30-22)14-26(23(27)19-4-5-19)8-7-25-9-11-28-12-10-25/h3,6,13,16,19H,4-5,7-12,14-15H2,1-2H3. The molecule has 162 valence electrons. The van der Waals surface area contributed by atoms with Crippen molar-refractivity contribution in [1.29, 1.82) is 0 Å². The van der Waals surface area contributed by atoms with Gasteiger partial charge in [0, 0.05) is 37.5 Å². The van der Waals surface area contributed by atoms with Gasteiger partial charge >= 0.3 is 0 Å². The predicted octanol–water partition coefficient (Wildman–Crippen LogP) is 3.41. The second kappa shape index (κ2) is 9.90. The molecule has 1 saturated carbocycles. The zero-order valence-corrected chi connectivity index (χ0v) is 18.7. The summed E-state index contributed by atoms with van der Waals surface area (Å²) in [6.45, 7) is 10.3. The van der Waals surface area contributed by atoms with Crippen LogP contribution in [0.15, 0.2) is 23.6 Å². The number of hydrogen-bond acceptors (Lipinski definition) is 6. The fourth-order valence-corrected chi connectivity index (χ4v) is 4.27. The van der Waals surface area contributed by atoms with Crippen LogP contribution in [0.3, 0.4) is 0 Å². The lowest BCUT2D eigenvalue weighted by Crippen LogP contribution is -2.43. The van der Waals surface area contributed by atoms with Gasteiger partial charge in [0.25, 0.3) is 0 Å². The van der Waals surface area contributed by atoms with Crippen molar-refractivity contribution in [3.63, 3.8) is 0 Å². The number of amides is 1. The first-order valence-electron chi connectivity index (χ1n) is 10.8. The highest BCUT2D eigenvalue weighted by molar-refractivity contribution is 7.09. The summed E-state index contributed by atoms with van der Waals surface area (Å²) in [5.74, 6) is 1.37. The Morgan fingerprint density at radius 2 is 2.07 bits per heavy atom. The summed E-state index contributed by atoms with van der Waals surface area (Å²) < 4.78 is 11.3. The first kappa shape index (κ1) is 21.3. The minimum atomic E-state index is 0.223. The van der Waals surface area contributed by atoms with Crippen LogP contribution in [0.2, 0.25) is 0 Å². The third kappa shape index (κ3) is 5.80. The lowest BCUT2D eigenvalue weighted by Gasteiger charge is -2.30. The van der Waals surface area contributed by atoms with Crippen LogP contribution in [0, 0.1) is 19.8 Å². The summed E-state index contributed by atoms with van der Waals surface area (Å²) in [6, 6.07) is 6.14. The molecule has 0 N–H and O–H groups in total. The lowest BCUT2D eigenvalue weighted by atomic mass is 10.1. The maximum atomic E-state index is 12.8. The zero-order valence-electron chi connectivity index (χ0n) is 17.9. The van der Waals surface area contributed by atoms with Crippen LogP contribution in [0.5, 0.6) is 5.75 Å². The van der Waals surface area contributed by atoms with Crippen molar-refractivity contribution in [2.75, 3.05) is 39.4 Å². The molecule has 0 radical (unpaired) electrons. The molecule has 1 amide bonds. The second-order valence-corrected chi connectivity index (χ2v) is 9.20.